The van der Waals surface area contributed by atoms with Crippen LogP contribution < -0.4 is 4.90 Å². The highest BCUT2D eigenvalue weighted by Gasteiger charge is 2.39. The number of hydrogen-bond donors (Lipinski definition) is 0. The Labute approximate surface area is 168 Å². The van der Waals surface area contributed by atoms with Crippen LogP contribution in [-0.4, -0.2) is 22.5 Å². The topological polar surface area (TPSA) is 51.5 Å². The third kappa shape index (κ3) is 3.20. The fourth-order valence-corrected chi connectivity index (χ4v) is 4.30. The van der Waals surface area contributed by atoms with E-state index in [9.17, 15) is 9.59 Å². The smallest absolute Gasteiger partial charge is 0.335 e. The molecular weight excluding hydrogens is 372 g/mol. The molecular formula is C22H20N2O3S. The van der Waals surface area contributed by atoms with E-state index in [4.69, 9.17) is 4.74 Å². The molecule has 6 heteroatoms. The standard InChI is InChI=1S/C22H20N2O3S/c1-3-27-22(26)20-18-8-6-14-23(18)28-19-9-5-4-7-17(19)24(20)21(25)16-12-10-15(2)11-13-16/h4-14,20H,3H2,1-2H3. The molecule has 0 saturated heterocycles. The number of rotatable bonds is 3. The summed E-state index contributed by atoms with van der Waals surface area (Å²) in [5.41, 5.74) is 3.00. The summed E-state index contributed by atoms with van der Waals surface area (Å²) in [5.74, 6) is -0.680. The highest BCUT2D eigenvalue weighted by Crippen LogP contribution is 2.42. The summed E-state index contributed by atoms with van der Waals surface area (Å²) >= 11 is 1.48. The molecule has 2 aromatic carbocycles. The van der Waals surface area contributed by atoms with Crippen molar-refractivity contribution >= 4 is 29.5 Å². The maximum Gasteiger partial charge on any atom is 0.335 e. The van der Waals surface area contributed by atoms with Crippen LogP contribution in [-0.2, 0) is 9.53 Å². The summed E-state index contributed by atoms with van der Waals surface area (Å²) in [6, 6.07) is 17.9. The van der Waals surface area contributed by atoms with Crippen molar-refractivity contribution in [3.8, 4) is 0 Å². The molecule has 0 aliphatic carbocycles. The number of aromatic nitrogens is 1. The van der Waals surface area contributed by atoms with Crippen molar-refractivity contribution in [2.45, 2.75) is 24.8 Å². The van der Waals surface area contributed by atoms with Gasteiger partial charge in [0.1, 0.15) is 0 Å². The van der Waals surface area contributed by atoms with Crippen LogP contribution in [0.25, 0.3) is 0 Å². The molecule has 1 atom stereocenters. The van der Waals surface area contributed by atoms with Gasteiger partial charge >= 0.3 is 5.97 Å². The van der Waals surface area contributed by atoms with E-state index in [1.165, 1.54) is 11.9 Å². The summed E-state index contributed by atoms with van der Waals surface area (Å²) in [6.07, 6.45) is 1.89. The number of anilines is 1. The van der Waals surface area contributed by atoms with Crippen LogP contribution in [0.5, 0.6) is 0 Å². The predicted molar refractivity (Wildman–Crippen MR) is 109 cm³/mol. The van der Waals surface area contributed by atoms with Crippen molar-refractivity contribution in [1.82, 2.24) is 3.97 Å². The van der Waals surface area contributed by atoms with Crippen LogP contribution in [0.3, 0.4) is 0 Å². The van der Waals surface area contributed by atoms with Gasteiger partial charge in [0.15, 0.2) is 6.04 Å². The van der Waals surface area contributed by atoms with Gasteiger partial charge < -0.3 is 4.74 Å². The molecule has 2 heterocycles. The summed E-state index contributed by atoms with van der Waals surface area (Å²) in [4.78, 5) is 29.0. The van der Waals surface area contributed by atoms with Gasteiger partial charge in [-0.25, -0.2) is 4.79 Å². The number of carbonyl (C=O) groups excluding carboxylic acids is 2. The molecule has 1 aliphatic rings. The van der Waals surface area contributed by atoms with Gasteiger partial charge in [-0.3, -0.25) is 13.7 Å². The van der Waals surface area contributed by atoms with Crippen molar-refractivity contribution < 1.29 is 14.3 Å². The lowest BCUT2D eigenvalue weighted by atomic mass is 10.1. The van der Waals surface area contributed by atoms with Gasteiger partial charge in [-0.1, -0.05) is 29.8 Å². The van der Waals surface area contributed by atoms with Crippen LogP contribution in [0, 0.1) is 6.92 Å². The van der Waals surface area contributed by atoms with E-state index < -0.39 is 12.0 Å². The Balaban J connectivity index is 1.91. The van der Waals surface area contributed by atoms with Crippen LogP contribution in [0.2, 0.25) is 0 Å². The summed E-state index contributed by atoms with van der Waals surface area (Å²) < 4.78 is 7.28. The third-order valence-corrected chi connectivity index (χ3v) is 5.70. The molecule has 0 bridgehead atoms. The molecule has 0 fully saturated rings. The molecule has 0 spiro atoms. The van der Waals surface area contributed by atoms with Crippen molar-refractivity contribution in [3.05, 3.63) is 83.7 Å². The second-order valence-electron chi connectivity index (χ2n) is 6.51. The van der Waals surface area contributed by atoms with Crippen molar-refractivity contribution in [3.63, 3.8) is 0 Å². The Morgan fingerprint density at radius 1 is 1.04 bits per heavy atom. The lowest BCUT2D eigenvalue weighted by Gasteiger charge is -2.29. The van der Waals surface area contributed by atoms with Gasteiger partial charge in [-0.05, 0) is 62.2 Å². The summed E-state index contributed by atoms with van der Waals surface area (Å²) in [5, 5.41) is 0. The molecule has 28 heavy (non-hydrogen) atoms. The number of aryl methyl sites for hydroxylation is 1. The zero-order valence-electron chi connectivity index (χ0n) is 15.7. The second kappa shape index (κ2) is 7.56. The number of benzene rings is 2. The minimum absolute atomic E-state index is 0.235. The summed E-state index contributed by atoms with van der Waals surface area (Å²) in [6.45, 7) is 3.99. The number of ether oxygens (including phenoxy) is 1. The number of fused-ring (bicyclic) bond motifs is 2. The molecule has 5 nitrogen and oxygen atoms in total. The van der Waals surface area contributed by atoms with Gasteiger partial charge in [0.2, 0.25) is 0 Å². The third-order valence-electron chi connectivity index (χ3n) is 4.63. The van der Waals surface area contributed by atoms with Gasteiger partial charge in [0, 0.05) is 11.8 Å². The first-order valence-electron chi connectivity index (χ1n) is 9.11. The number of hydrogen-bond acceptors (Lipinski definition) is 4. The molecule has 3 aromatic rings. The normalized spacial score (nSPS) is 15.4. The number of para-hydroxylation sites is 1. The quantitative estimate of drug-likeness (QED) is 0.611. The SMILES string of the molecule is CCOC(=O)C1c2cccn2Sc2ccccc2N1C(=O)c1ccc(C)cc1. The molecule has 4 rings (SSSR count). The lowest BCUT2D eigenvalue weighted by molar-refractivity contribution is -0.144. The molecule has 0 N–H and O–H groups in total. The zero-order valence-corrected chi connectivity index (χ0v) is 16.5. The molecule has 0 saturated carbocycles. The van der Waals surface area contributed by atoms with Gasteiger partial charge in [-0.2, -0.15) is 0 Å². The highest BCUT2D eigenvalue weighted by molar-refractivity contribution is 7.98. The lowest BCUT2D eigenvalue weighted by Crippen LogP contribution is -2.40. The first kappa shape index (κ1) is 18.4. The van der Waals surface area contributed by atoms with E-state index in [0.29, 0.717) is 16.9 Å². The average molecular weight is 392 g/mol. The van der Waals surface area contributed by atoms with Crippen LogP contribution in [0.15, 0.2) is 71.8 Å². The summed E-state index contributed by atoms with van der Waals surface area (Å²) in [7, 11) is 0. The Hall–Kier alpha value is -2.99. The highest BCUT2D eigenvalue weighted by atomic mass is 32.2. The van der Waals surface area contributed by atoms with E-state index in [2.05, 4.69) is 0 Å². The monoisotopic (exact) mass is 392 g/mol. The number of carbonyl (C=O) groups is 2. The number of nitrogens with zero attached hydrogens (tertiary/aromatic N) is 2. The number of esters is 1. The first-order valence-corrected chi connectivity index (χ1v) is 9.89. The Bertz CT molecular complexity index is 1030. The largest absolute Gasteiger partial charge is 0.464 e. The van der Waals surface area contributed by atoms with Crippen molar-refractivity contribution in [1.29, 1.82) is 0 Å². The first-order chi connectivity index (χ1) is 13.6. The Morgan fingerprint density at radius 2 is 1.79 bits per heavy atom. The van der Waals surface area contributed by atoms with Crippen LogP contribution in [0.1, 0.15) is 34.6 Å². The number of amides is 1. The maximum absolute atomic E-state index is 13.6. The van der Waals surface area contributed by atoms with Crippen LogP contribution in [0.4, 0.5) is 5.69 Å². The van der Waals surface area contributed by atoms with E-state index >= 15 is 0 Å². The molecule has 1 aliphatic heterocycles. The van der Waals surface area contributed by atoms with Crippen molar-refractivity contribution in [2.75, 3.05) is 11.5 Å². The minimum Gasteiger partial charge on any atom is -0.464 e. The van der Waals surface area contributed by atoms with Gasteiger partial charge in [0.05, 0.1) is 22.9 Å². The average Bonchev–Trinajstić information content (AvgIpc) is 3.09. The van der Waals surface area contributed by atoms with Crippen LogP contribution >= 0.6 is 11.9 Å². The Kier molecular flexibility index (Phi) is 4.96. The van der Waals surface area contributed by atoms with E-state index in [-0.39, 0.29) is 12.5 Å². The van der Waals surface area contributed by atoms with E-state index in [0.717, 1.165) is 10.5 Å². The Morgan fingerprint density at radius 3 is 2.54 bits per heavy atom. The van der Waals surface area contributed by atoms with E-state index in [1.807, 2.05) is 65.6 Å². The van der Waals surface area contributed by atoms with Crippen molar-refractivity contribution in [2.24, 2.45) is 0 Å². The fraction of sp³-hybridized carbons (Fsp3) is 0.182. The molecule has 142 valence electrons. The molecule has 1 aromatic heterocycles. The van der Waals surface area contributed by atoms with Gasteiger partial charge in [0.25, 0.3) is 5.91 Å². The maximum atomic E-state index is 13.6. The molecule has 1 amide bonds. The minimum atomic E-state index is -0.861. The van der Waals surface area contributed by atoms with E-state index in [1.54, 1.807) is 24.0 Å². The molecule has 1 unspecified atom stereocenters. The fourth-order valence-electron chi connectivity index (χ4n) is 3.29. The second-order valence-corrected chi connectivity index (χ2v) is 7.53. The predicted octanol–water partition coefficient (Wildman–Crippen LogP) is 4.62. The zero-order chi connectivity index (χ0) is 19.7. The van der Waals surface area contributed by atoms with Gasteiger partial charge in [-0.15, -0.1) is 0 Å². The molecule has 0 radical (unpaired) electrons.